The van der Waals surface area contributed by atoms with Crippen LogP contribution in [0, 0.1) is 0 Å². The Kier molecular flexibility index (Phi) is 7.70. The van der Waals surface area contributed by atoms with Crippen LogP contribution in [0.4, 0.5) is 19.1 Å². The minimum absolute atomic E-state index is 0.122. The third kappa shape index (κ3) is 6.49. The van der Waals surface area contributed by atoms with E-state index in [4.69, 9.17) is 4.84 Å². The van der Waals surface area contributed by atoms with Gasteiger partial charge in [0, 0.05) is 37.9 Å². The zero-order chi connectivity index (χ0) is 25.7. The number of carbonyl (C=O) groups is 1. The van der Waals surface area contributed by atoms with Crippen LogP contribution >= 0.6 is 0 Å². The molecule has 3 heterocycles. The minimum atomic E-state index is -4.79. The minimum Gasteiger partial charge on any atom is -0.378 e. The van der Waals surface area contributed by atoms with Gasteiger partial charge in [-0.15, -0.1) is 0 Å². The average Bonchev–Trinajstić information content (AvgIpc) is 3.69. The van der Waals surface area contributed by atoms with Crippen LogP contribution in [0.5, 0.6) is 0 Å². The molecular formula is C23H26F3N7O3. The van der Waals surface area contributed by atoms with Crippen molar-refractivity contribution >= 4 is 24.0 Å². The SMILES string of the molecule is C[C@@H](CONC(=O)CC1=CCN(c2ncc(C3CC3)cn2)CC1)NC1=C(C(F)(F)F)C(=C=O)NN=C1. The van der Waals surface area contributed by atoms with Gasteiger partial charge in [0.2, 0.25) is 11.9 Å². The second-order valence-electron chi connectivity index (χ2n) is 8.84. The fourth-order valence-corrected chi connectivity index (χ4v) is 3.87. The first-order chi connectivity index (χ1) is 17.2. The normalized spacial score (nSPS) is 18.8. The van der Waals surface area contributed by atoms with Gasteiger partial charge in [0.15, 0.2) is 11.6 Å². The molecule has 1 atom stereocenters. The van der Waals surface area contributed by atoms with Crippen molar-refractivity contribution in [2.24, 2.45) is 5.10 Å². The van der Waals surface area contributed by atoms with Gasteiger partial charge in [-0.3, -0.25) is 15.1 Å². The zero-order valence-electron chi connectivity index (χ0n) is 19.6. The van der Waals surface area contributed by atoms with Crippen LogP contribution in [-0.2, 0) is 14.4 Å². The predicted octanol–water partition coefficient (Wildman–Crippen LogP) is 2.03. The highest BCUT2D eigenvalue weighted by Gasteiger charge is 2.41. The molecule has 1 saturated carbocycles. The van der Waals surface area contributed by atoms with E-state index in [2.05, 4.69) is 25.9 Å². The van der Waals surface area contributed by atoms with E-state index in [9.17, 15) is 22.8 Å². The molecule has 0 spiro atoms. The molecule has 4 rings (SSSR count). The van der Waals surface area contributed by atoms with E-state index in [0.717, 1.165) is 11.8 Å². The molecule has 2 aliphatic heterocycles. The summed E-state index contributed by atoms with van der Waals surface area (Å²) in [7, 11) is 0. The van der Waals surface area contributed by atoms with Gasteiger partial charge >= 0.3 is 6.18 Å². The fraction of sp³-hybridized carbons (Fsp3) is 0.478. The van der Waals surface area contributed by atoms with Crippen molar-refractivity contribution in [2.75, 3.05) is 24.6 Å². The molecule has 0 bridgehead atoms. The van der Waals surface area contributed by atoms with Gasteiger partial charge in [-0.05, 0) is 37.7 Å². The summed E-state index contributed by atoms with van der Waals surface area (Å²) in [6, 6.07) is -0.635. The van der Waals surface area contributed by atoms with Crippen molar-refractivity contribution in [1.82, 2.24) is 26.2 Å². The topological polar surface area (TPSA) is 121 Å². The number of allylic oxidation sites excluding steroid dienone is 2. The molecule has 36 heavy (non-hydrogen) atoms. The molecule has 0 aromatic carbocycles. The summed E-state index contributed by atoms with van der Waals surface area (Å²) in [5.74, 6) is 2.11. The Morgan fingerprint density at radius 3 is 2.69 bits per heavy atom. The second-order valence-corrected chi connectivity index (χ2v) is 8.84. The number of hydrogen-bond acceptors (Lipinski definition) is 9. The number of nitrogens with one attached hydrogen (secondary N) is 3. The summed E-state index contributed by atoms with van der Waals surface area (Å²) in [4.78, 5) is 39.2. The quantitative estimate of drug-likeness (QED) is 0.265. The first-order valence-electron chi connectivity index (χ1n) is 11.5. The zero-order valence-corrected chi connectivity index (χ0v) is 19.6. The number of aromatic nitrogens is 2. The Hall–Kier alpha value is -3.70. The highest BCUT2D eigenvalue weighted by molar-refractivity contribution is 5.84. The number of alkyl halides is 3. The second kappa shape index (κ2) is 10.9. The lowest BCUT2D eigenvalue weighted by molar-refractivity contribution is -0.133. The standard InChI is InChI=1S/C23H26F3N7O3/c1-14(30-18-11-29-31-19(12-34)21(18)23(24,25)26)13-36-32-20(35)8-15-4-6-33(7-5-15)22-27-9-17(10-28-22)16-2-3-16/h4,9-11,14,16,30-31H,2-3,5-8,13H2,1H3,(H,32,35)/t14-/m0/s1. The molecule has 1 fully saturated rings. The molecule has 3 N–H and O–H groups in total. The smallest absolute Gasteiger partial charge is 0.378 e. The Bertz CT molecular complexity index is 1120. The lowest BCUT2D eigenvalue weighted by atomic mass is 10.0. The molecular weight excluding hydrogens is 479 g/mol. The molecule has 3 aliphatic rings. The van der Waals surface area contributed by atoms with E-state index in [-0.39, 0.29) is 18.9 Å². The van der Waals surface area contributed by atoms with E-state index in [1.807, 2.05) is 28.8 Å². The third-order valence-electron chi connectivity index (χ3n) is 5.88. The van der Waals surface area contributed by atoms with Crippen LogP contribution in [0.1, 0.15) is 44.1 Å². The molecule has 0 radical (unpaired) electrons. The van der Waals surface area contributed by atoms with Crippen LogP contribution in [-0.4, -0.2) is 59.9 Å². The summed E-state index contributed by atoms with van der Waals surface area (Å²) in [6.07, 6.45) is 5.08. The van der Waals surface area contributed by atoms with Gasteiger partial charge in [-0.1, -0.05) is 11.6 Å². The van der Waals surface area contributed by atoms with Crippen LogP contribution in [0.25, 0.3) is 0 Å². The number of halogens is 3. The summed E-state index contributed by atoms with van der Waals surface area (Å²) in [5.41, 5.74) is 4.02. The molecule has 13 heteroatoms. The van der Waals surface area contributed by atoms with Gasteiger partial charge in [-0.2, -0.15) is 18.3 Å². The maximum Gasteiger partial charge on any atom is 0.421 e. The van der Waals surface area contributed by atoms with Crippen LogP contribution in [0.2, 0.25) is 0 Å². The van der Waals surface area contributed by atoms with Crippen molar-refractivity contribution in [3.63, 3.8) is 0 Å². The van der Waals surface area contributed by atoms with Crippen molar-refractivity contribution in [3.8, 4) is 0 Å². The third-order valence-corrected chi connectivity index (χ3v) is 5.88. The Labute approximate surface area is 205 Å². The van der Waals surface area contributed by atoms with Crippen LogP contribution < -0.4 is 21.1 Å². The average molecular weight is 506 g/mol. The van der Waals surface area contributed by atoms with Gasteiger partial charge in [0.05, 0.1) is 18.5 Å². The van der Waals surface area contributed by atoms with Gasteiger partial charge in [0.25, 0.3) is 0 Å². The summed E-state index contributed by atoms with van der Waals surface area (Å²) >= 11 is 0. The summed E-state index contributed by atoms with van der Waals surface area (Å²) in [6.45, 7) is 2.72. The first kappa shape index (κ1) is 25.4. The lowest BCUT2D eigenvalue weighted by Crippen LogP contribution is -2.39. The highest BCUT2D eigenvalue weighted by atomic mass is 19.4. The van der Waals surface area contributed by atoms with E-state index in [0.29, 0.717) is 31.4 Å². The fourth-order valence-electron chi connectivity index (χ4n) is 3.87. The first-order valence-corrected chi connectivity index (χ1v) is 11.5. The molecule has 10 nitrogen and oxygen atoms in total. The van der Waals surface area contributed by atoms with Crippen molar-refractivity contribution < 1.29 is 27.6 Å². The van der Waals surface area contributed by atoms with E-state index in [1.54, 1.807) is 6.92 Å². The number of carbonyl (C=O) groups excluding carboxylic acids is 2. The van der Waals surface area contributed by atoms with E-state index >= 15 is 0 Å². The Morgan fingerprint density at radius 2 is 2.08 bits per heavy atom. The predicted molar refractivity (Wildman–Crippen MR) is 124 cm³/mol. The summed E-state index contributed by atoms with van der Waals surface area (Å²) in [5, 5.41) is 6.11. The molecule has 0 unspecified atom stereocenters. The van der Waals surface area contributed by atoms with Crippen molar-refractivity contribution in [1.29, 1.82) is 0 Å². The Morgan fingerprint density at radius 1 is 1.33 bits per heavy atom. The number of anilines is 1. The lowest BCUT2D eigenvalue weighted by Gasteiger charge is -2.26. The largest absolute Gasteiger partial charge is 0.421 e. The highest BCUT2D eigenvalue weighted by Crippen LogP contribution is 2.39. The number of nitrogens with zero attached hydrogens (tertiary/aromatic N) is 4. The number of amides is 1. The molecule has 1 aliphatic carbocycles. The molecule has 1 amide bonds. The number of hydrazone groups is 1. The Balaban J connectivity index is 1.21. The number of rotatable bonds is 9. The van der Waals surface area contributed by atoms with Crippen molar-refractivity contribution in [2.45, 2.75) is 50.7 Å². The molecule has 1 aromatic rings. The van der Waals surface area contributed by atoms with Gasteiger partial charge in [-0.25, -0.2) is 20.2 Å². The monoisotopic (exact) mass is 505 g/mol. The summed E-state index contributed by atoms with van der Waals surface area (Å²) < 4.78 is 40.0. The van der Waals surface area contributed by atoms with Crippen molar-refractivity contribution in [3.05, 3.63) is 46.6 Å². The molecule has 0 saturated heterocycles. The molecule has 1 aromatic heterocycles. The van der Waals surface area contributed by atoms with E-state index < -0.39 is 29.2 Å². The maximum absolute atomic E-state index is 13.3. The van der Waals surface area contributed by atoms with Crippen LogP contribution in [0.3, 0.4) is 0 Å². The molecule has 192 valence electrons. The maximum atomic E-state index is 13.3. The van der Waals surface area contributed by atoms with Crippen LogP contribution in [0.15, 0.2) is 46.1 Å². The van der Waals surface area contributed by atoms with Gasteiger partial charge in [0.1, 0.15) is 5.57 Å². The number of hydroxylamine groups is 1. The van der Waals surface area contributed by atoms with Gasteiger partial charge < -0.3 is 10.2 Å². The number of hydrogen-bond donors (Lipinski definition) is 3. The van der Waals surface area contributed by atoms with E-state index in [1.165, 1.54) is 24.3 Å².